The van der Waals surface area contributed by atoms with Gasteiger partial charge in [-0.25, -0.2) is 9.37 Å². The second kappa shape index (κ2) is 8.94. The Morgan fingerprint density at radius 3 is 2.64 bits per heavy atom. The van der Waals surface area contributed by atoms with E-state index in [2.05, 4.69) is 15.3 Å². The van der Waals surface area contributed by atoms with Crippen LogP contribution in [0.25, 0.3) is 11.4 Å². The number of benzene rings is 2. The first-order chi connectivity index (χ1) is 13.5. The van der Waals surface area contributed by atoms with Gasteiger partial charge in [0.1, 0.15) is 11.6 Å². The highest BCUT2D eigenvalue weighted by Crippen LogP contribution is 2.19. The van der Waals surface area contributed by atoms with Gasteiger partial charge in [0, 0.05) is 23.9 Å². The molecular weight excluding hydrogens is 361 g/mol. The third-order valence-electron chi connectivity index (χ3n) is 3.91. The monoisotopic (exact) mass is 381 g/mol. The fourth-order valence-corrected chi connectivity index (χ4v) is 2.52. The number of halogens is 1. The van der Waals surface area contributed by atoms with E-state index in [1.54, 1.807) is 32.2 Å². The first-order valence-electron chi connectivity index (χ1n) is 8.67. The van der Waals surface area contributed by atoms with Crippen molar-refractivity contribution in [1.29, 1.82) is 0 Å². The zero-order valence-corrected chi connectivity index (χ0v) is 15.6. The first kappa shape index (κ1) is 19.3. The predicted molar refractivity (Wildman–Crippen MR) is 102 cm³/mol. The number of hydrogen-bond donors (Lipinski definition) is 1. The summed E-state index contributed by atoms with van der Waals surface area (Å²) in [6.45, 7) is 1.98. The van der Waals surface area contributed by atoms with Gasteiger partial charge in [0.2, 0.25) is 5.88 Å². The summed E-state index contributed by atoms with van der Waals surface area (Å²) < 4.78 is 23.8. The molecule has 3 rings (SSSR count). The van der Waals surface area contributed by atoms with Gasteiger partial charge in [-0.1, -0.05) is 12.1 Å². The van der Waals surface area contributed by atoms with Gasteiger partial charge in [0.15, 0.2) is 12.4 Å². The topological polar surface area (TPSA) is 73.3 Å². The molecule has 7 heteroatoms. The van der Waals surface area contributed by atoms with Crippen LogP contribution in [0.2, 0.25) is 0 Å². The van der Waals surface area contributed by atoms with Crippen molar-refractivity contribution in [3.05, 3.63) is 71.7 Å². The highest BCUT2D eigenvalue weighted by Gasteiger charge is 2.09. The van der Waals surface area contributed by atoms with Crippen molar-refractivity contribution in [1.82, 2.24) is 15.3 Å². The molecule has 6 nitrogen and oxygen atoms in total. The molecule has 2 aromatic carbocycles. The minimum Gasteiger partial charge on any atom is -0.497 e. The van der Waals surface area contributed by atoms with Gasteiger partial charge in [0.25, 0.3) is 5.91 Å². The van der Waals surface area contributed by atoms with Gasteiger partial charge in [-0.15, -0.1) is 0 Å². The fraction of sp³-hybridized carbons (Fsp3) is 0.190. The van der Waals surface area contributed by atoms with Gasteiger partial charge in [-0.05, 0) is 48.9 Å². The molecule has 1 amide bonds. The van der Waals surface area contributed by atoms with Crippen LogP contribution < -0.4 is 14.8 Å². The summed E-state index contributed by atoms with van der Waals surface area (Å²) in [6.07, 6.45) is 0. The van der Waals surface area contributed by atoms with E-state index < -0.39 is 0 Å². The molecule has 0 aliphatic rings. The number of methoxy groups -OCH3 is 1. The van der Waals surface area contributed by atoms with Crippen LogP contribution in [0, 0.1) is 12.7 Å². The Morgan fingerprint density at radius 2 is 1.89 bits per heavy atom. The highest BCUT2D eigenvalue weighted by atomic mass is 19.1. The smallest absolute Gasteiger partial charge is 0.258 e. The fourth-order valence-electron chi connectivity index (χ4n) is 2.52. The van der Waals surface area contributed by atoms with Crippen LogP contribution >= 0.6 is 0 Å². The Hall–Kier alpha value is -3.48. The number of aryl methyl sites for hydroxylation is 1. The van der Waals surface area contributed by atoms with Crippen LogP contribution in [0.15, 0.2) is 54.6 Å². The number of rotatable bonds is 7. The first-order valence-corrected chi connectivity index (χ1v) is 8.67. The maximum absolute atomic E-state index is 13.1. The van der Waals surface area contributed by atoms with E-state index in [1.165, 1.54) is 12.1 Å². The Bertz CT molecular complexity index is 961. The molecule has 0 saturated heterocycles. The Labute approximate surface area is 162 Å². The minimum absolute atomic E-state index is 0.177. The van der Waals surface area contributed by atoms with Gasteiger partial charge in [-0.2, -0.15) is 4.98 Å². The van der Waals surface area contributed by atoms with Gasteiger partial charge < -0.3 is 14.8 Å². The van der Waals surface area contributed by atoms with E-state index in [1.807, 2.05) is 24.3 Å². The van der Waals surface area contributed by atoms with Crippen LogP contribution in [-0.2, 0) is 11.3 Å². The summed E-state index contributed by atoms with van der Waals surface area (Å²) in [4.78, 5) is 20.7. The summed E-state index contributed by atoms with van der Waals surface area (Å²) in [7, 11) is 1.59. The maximum Gasteiger partial charge on any atom is 0.258 e. The lowest BCUT2D eigenvalue weighted by molar-refractivity contribution is -0.123. The standard InChI is InChI=1S/C21H20FN3O3/c1-14-10-20(25-21(24-14)16-6-8-17(22)9-7-16)28-13-19(26)23-12-15-4-3-5-18(11-15)27-2/h3-11H,12-13H2,1-2H3,(H,23,26). The second-order valence-electron chi connectivity index (χ2n) is 6.09. The second-order valence-corrected chi connectivity index (χ2v) is 6.09. The molecule has 28 heavy (non-hydrogen) atoms. The number of carbonyl (C=O) groups is 1. The number of nitrogens with zero attached hydrogens (tertiary/aromatic N) is 2. The number of carbonyl (C=O) groups excluding carboxylic acids is 1. The molecule has 0 radical (unpaired) electrons. The largest absolute Gasteiger partial charge is 0.497 e. The van der Waals surface area contributed by atoms with Crippen LogP contribution in [0.3, 0.4) is 0 Å². The summed E-state index contributed by atoms with van der Waals surface area (Å²) in [5.74, 6) is 0.811. The molecule has 0 unspecified atom stereocenters. The van der Waals surface area contributed by atoms with Crippen molar-refractivity contribution in [2.45, 2.75) is 13.5 Å². The van der Waals surface area contributed by atoms with Gasteiger partial charge in [-0.3, -0.25) is 4.79 Å². The number of hydrogen-bond acceptors (Lipinski definition) is 5. The van der Waals surface area contributed by atoms with Crippen molar-refractivity contribution in [2.24, 2.45) is 0 Å². The van der Waals surface area contributed by atoms with Gasteiger partial charge in [0.05, 0.1) is 7.11 Å². The molecular formula is C21H20FN3O3. The van der Waals surface area contributed by atoms with Crippen molar-refractivity contribution < 1.29 is 18.7 Å². The van der Waals surface area contributed by atoms with Crippen molar-refractivity contribution in [3.63, 3.8) is 0 Å². The number of amides is 1. The zero-order chi connectivity index (χ0) is 19.9. The molecule has 1 aromatic heterocycles. The Kier molecular flexibility index (Phi) is 6.16. The normalized spacial score (nSPS) is 10.4. The lowest BCUT2D eigenvalue weighted by Crippen LogP contribution is -2.28. The lowest BCUT2D eigenvalue weighted by Gasteiger charge is -2.09. The molecule has 1 heterocycles. The molecule has 1 N–H and O–H groups in total. The van der Waals surface area contributed by atoms with Crippen LogP contribution in [0.4, 0.5) is 4.39 Å². The summed E-state index contributed by atoms with van der Waals surface area (Å²) in [5, 5.41) is 2.78. The van der Waals surface area contributed by atoms with E-state index in [4.69, 9.17) is 9.47 Å². The maximum atomic E-state index is 13.1. The summed E-state index contributed by atoms with van der Waals surface area (Å²) in [5.41, 5.74) is 2.27. The molecule has 0 spiro atoms. The molecule has 0 atom stereocenters. The quantitative estimate of drug-likeness (QED) is 0.680. The van der Waals surface area contributed by atoms with E-state index in [9.17, 15) is 9.18 Å². The molecule has 0 fully saturated rings. The Morgan fingerprint density at radius 1 is 1.11 bits per heavy atom. The van der Waals surface area contributed by atoms with Crippen LogP contribution in [0.5, 0.6) is 11.6 Å². The molecule has 0 bridgehead atoms. The minimum atomic E-state index is -0.333. The molecule has 0 aliphatic heterocycles. The summed E-state index contributed by atoms with van der Waals surface area (Å²) >= 11 is 0. The highest BCUT2D eigenvalue weighted by molar-refractivity contribution is 5.77. The van der Waals surface area contributed by atoms with E-state index in [0.29, 0.717) is 23.6 Å². The predicted octanol–water partition coefficient (Wildman–Crippen LogP) is 3.29. The van der Waals surface area contributed by atoms with Crippen molar-refractivity contribution in [3.8, 4) is 23.0 Å². The molecule has 0 aliphatic carbocycles. The van der Waals surface area contributed by atoms with E-state index >= 15 is 0 Å². The zero-order valence-electron chi connectivity index (χ0n) is 15.6. The van der Waals surface area contributed by atoms with Crippen LogP contribution in [-0.4, -0.2) is 29.6 Å². The Balaban J connectivity index is 1.59. The molecule has 0 saturated carbocycles. The van der Waals surface area contributed by atoms with E-state index in [-0.39, 0.29) is 24.2 Å². The lowest BCUT2D eigenvalue weighted by atomic mass is 10.2. The molecule has 144 valence electrons. The molecule has 3 aromatic rings. The number of nitrogens with one attached hydrogen (secondary N) is 1. The average Bonchev–Trinajstić information content (AvgIpc) is 2.71. The van der Waals surface area contributed by atoms with Crippen LogP contribution in [0.1, 0.15) is 11.3 Å². The van der Waals surface area contributed by atoms with E-state index in [0.717, 1.165) is 11.3 Å². The number of aromatic nitrogens is 2. The van der Waals surface area contributed by atoms with Gasteiger partial charge >= 0.3 is 0 Å². The van der Waals surface area contributed by atoms with Crippen molar-refractivity contribution >= 4 is 5.91 Å². The number of ether oxygens (including phenoxy) is 2. The average molecular weight is 381 g/mol. The SMILES string of the molecule is COc1cccc(CNC(=O)COc2cc(C)nc(-c3ccc(F)cc3)n2)c1. The third-order valence-corrected chi connectivity index (χ3v) is 3.91. The van der Waals surface area contributed by atoms with Crippen molar-refractivity contribution in [2.75, 3.05) is 13.7 Å². The third kappa shape index (κ3) is 5.26. The summed E-state index contributed by atoms with van der Waals surface area (Å²) in [6, 6.07) is 14.9.